The summed E-state index contributed by atoms with van der Waals surface area (Å²) in [7, 11) is 0. The number of nitrogens with zero attached hydrogens (tertiary/aromatic N) is 1. The number of carbonyl (C=O) groups excluding carboxylic acids is 1. The van der Waals surface area contributed by atoms with Crippen LogP contribution in [-0.4, -0.2) is 17.6 Å². The third-order valence-corrected chi connectivity index (χ3v) is 3.67. The maximum Gasteiger partial charge on any atom is 0.263 e. The van der Waals surface area contributed by atoms with E-state index in [1.165, 1.54) is 11.8 Å². The molecule has 0 fully saturated rings. The van der Waals surface area contributed by atoms with Crippen molar-refractivity contribution in [1.82, 2.24) is 10.6 Å². The zero-order valence-electron chi connectivity index (χ0n) is 14.1. The molecule has 0 atom stereocenters. The summed E-state index contributed by atoms with van der Waals surface area (Å²) >= 11 is 0. The Hall–Kier alpha value is -3.26. The molecular weight excluding hydrogens is 314 g/mol. The number of phenols is 1. The minimum Gasteiger partial charge on any atom is -0.508 e. The molecule has 5 nitrogen and oxygen atoms in total. The molecule has 0 aliphatic rings. The Morgan fingerprint density at radius 3 is 2.40 bits per heavy atom. The lowest BCUT2D eigenvalue weighted by molar-refractivity contribution is -0.117. The van der Waals surface area contributed by atoms with Crippen molar-refractivity contribution >= 4 is 5.91 Å². The van der Waals surface area contributed by atoms with Gasteiger partial charge in [-0.05, 0) is 36.6 Å². The van der Waals surface area contributed by atoms with Crippen molar-refractivity contribution < 1.29 is 9.90 Å². The molecule has 0 aromatic heterocycles. The second-order valence-electron chi connectivity index (χ2n) is 5.71. The van der Waals surface area contributed by atoms with Gasteiger partial charge >= 0.3 is 0 Å². The minimum atomic E-state index is -0.405. The standard InChI is InChI=1S/C20H21N3O2/c1-15-2-4-17(5-3-15)13-22-14-18(12-21)20(25)23-11-10-16-6-8-19(24)9-7-16/h2-9,14,22,24H,10-11,13H2,1H3,(H,23,25)/b18-14-. The predicted molar refractivity (Wildman–Crippen MR) is 96.5 cm³/mol. The van der Waals surface area contributed by atoms with Gasteiger partial charge in [-0.3, -0.25) is 4.79 Å². The van der Waals surface area contributed by atoms with E-state index in [0.717, 1.165) is 11.1 Å². The van der Waals surface area contributed by atoms with Gasteiger partial charge in [-0.2, -0.15) is 5.26 Å². The molecule has 5 heteroatoms. The molecule has 0 saturated carbocycles. The van der Waals surface area contributed by atoms with Crippen LogP contribution in [-0.2, 0) is 17.8 Å². The van der Waals surface area contributed by atoms with Crippen molar-refractivity contribution in [2.24, 2.45) is 0 Å². The highest BCUT2D eigenvalue weighted by molar-refractivity contribution is 5.97. The topological polar surface area (TPSA) is 85.2 Å². The lowest BCUT2D eigenvalue weighted by atomic mass is 10.1. The van der Waals surface area contributed by atoms with Crippen LogP contribution in [0, 0.1) is 18.3 Å². The molecule has 3 N–H and O–H groups in total. The summed E-state index contributed by atoms with van der Waals surface area (Å²) in [4.78, 5) is 12.0. The summed E-state index contributed by atoms with van der Waals surface area (Å²) in [6.45, 7) is 2.99. The maximum atomic E-state index is 12.0. The Morgan fingerprint density at radius 1 is 1.12 bits per heavy atom. The fourth-order valence-electron chi connectivity index (χ4n) is 2.20. The van der Waals surface area contributed by atoms with Crippen molar-refractivity contribution in [2.75, 3.05) is 6.54 Å². The summed E-state index contributed by atoms with van der Waals surface area (Å²) in [6.07, 6.45) is 2.07. The zero-order valence-corrected chi connectivity index (χ0v) is 14.1. The number of benzene rings is 2. The van der Waals surface area contributed by atoms with Crippen LogP contribution in [0.5, 0.6) is 5.75 Å². The SMILES string of the molecule is Cc1ccc(CN/C=C(/C#N)C(=O)NCCc2ccc(O)cc2)cc1. The Labute approximate surface area is 147 Å². The average molecular weight is 335 g/mol. The first-order valence-electron chi connectivity index (χ1n) is 8.04. The molecular formula is C20H21N3O2. The predicted octanol–water partition coefficient (Wildman–Crippen LogP) is 2.56. The van der Waals surface area contributed by atoms with Gasteiger partial charge in [0.2, 0.25) is 0 Å². The van der Waals surface area contributed by atoms with Crippen LogP contribution in [0.25, 0.3) is 0 Å². The van der Waals surface area contributed by atoms with Crippen molar-refractivity contribution in [1.29, 1.82) is 5.26 Å². The number of aryl methyl sites for hydroxylation is 1. The number of hydrogen-bond donors (Lipinski definition) is 3. The molecule has 128 valence electrons. The van der Waals surface area contributed by atoms with E-state index in [9.17, 15) is 9.90 Å². The van der Waals surface area contributed by atoms with E-state index in [0.29, 0.717) is 19.5 Å². The first kappa shape index (κ1) is 18.1. The smallest absolute Gasteiger partial charge is 0.263 e. The highest BCUT2D eigenvalue weighted by Gasteiger charge is 2.07. The van der Waals surface area contributed by atoms with Crippen molar-refractivity contribution in [3.8, 4) is 11.8 Å². The number of nitrogens with one attached hydrogen (secondary N) is 2. The van der Waals surface area contributed by atoms with Crippen molar-refractivity contribution in [2.45, 2.75) is 19.9 Å². The van der Waals surface area contributed by atoms with E-state index in [4.69, 9.17) is 5.26 Å². The van der Waals surface area contributed by atoms with Crippen molar-refractivity contribution in [3.05, 3.63) is 77.0 Å². The van der Waals surface area contributed by atoms with Crippen LogP contribution < -0.4 is 10.6 Å². The minimum absolute atomic E-state index is 0.0396. The lowest BCUT2D eigenvalue weighted by Crippen LogP contribution is -2.27. The Bertz CT molecular complexity index is 772. The fraction of sp³-hybridized carbons (Fsp3) is 0.200. The fourth-order valence-corrected chi connectivity index (χ4v) is 2.20. The summed E-state index contributed by atoms with van der Waals surface area (Å²) in [5, 5.41) is 24.1. The van der Waals surface area contributed by atoms with Crippen LogP contribution in [0.2, 0.25) is 0 Å². The second kappa shape index (κ2) is 9.14. The third-order valence-electron chi connectivity index (χ3n) is 3.67. The molecule has 0 saturated heterocycles. The molecule has 0 aliphatic carbocycles. The molecule has 0 aliphatic heterocycles. The summed E-state index contributed by atoms with van der Waals surface area (Å²) in [5.74, 6) is -0.195. The van der Waals surface area contributed by atoms with Gasteiger partial charge in [0.1, 0.15) is 17.4 Å². The van der Waals surface area contributed by atoms with Gasteiger partial charge in [-0.1, -0.05) is 42.0 Å². The van der Waals surface area contributed by atoms with E-state index in [-0.39, 0.29) is 11.3 Å². The number of amides is 1. The average Bonchev–Trinajstić information content (AvgIpc) is 2.62. The highest BCUT2D eigenvalue weighted by atomic mass is 16.3. The molecule has 0 bridgehead atoms. The molecule has 25 heavy (non-hydrogen) atoms. The molecule has 0 radical (unpaired) electrons. The molecule has 2 aromatic rings. The molecule has 2 aromatic carbocycles. The van der Waals surface area contributed by atoms with Gasteiger partial charge in [0.05, 0.1) is 0 Å². The summed E-state index contributed by atoms with van der Waals surface area (Å²) in [6, 6.07) is 16.7. The van der Waals surface area contributed by atoms with Gasteiger partial charge in [-0.15, -0.1) is 0 Å². The second-order valence-corrected chi connectivity index (χ2v) is 5.71. The van der Waals surface area contributed by atoms with Crippen LogP contribution in [0.3, 0.4) is 0 Å². The quantitative estimate of drug-likeness (QED) is 0.536. The summed E-state index contributed by atoms with van der Waals surface area (Å²) < 4.78 is 0. The monoisotopic (exact) mass is 335 g/mol. The number of hydrogen-bond acceptors (Lipinski definition) is 4. The lowest BCUT2D eigenvalue weighted by Gasteiger charge is -2.06. The number of nitriles is 1. The van der Waals surface area contributed by atoms with Crippen LogP contribution in [0.1, 0.15) is 16.7 Å². The van der Waals surface area contributed by atoms with Gasteiger partial charge in [0.15, 0.2) is 0 Å². The highest BCUT2D eigenvalue weighted by Crippen LogP contribution is 2.09. The van der Waals surface area contributed by atoms with Gasteiger partial charge in [0.25, 0.3) is 5.91 Å². The zero-order chi connectivity index (χ0) is 18.1. The molecule has 0 unspecified atom stereocenters. The molecule has 1 amide bonds. The Morgan fingerprint density at radius 2 is 1.76 bits per heavy atom. The first-order valence-corrected chi connectivity index (χ1v) is 8.04. The molecule has 0 spiro atoms. The van der Waals surface area contributed by atoms with Gasteiger partial charge in [-0.25, -0.2) is 0 Å². The number of rotatable bonds is 7. The molecule has 0 heterocycles. The first-order chi connectivity index (χ1) is 12.1. The van der Waals surface area contributed by atoms with Gasteiger partial charge in [0, 0.05) is 19.3 Å². The van der Waals surface area contributed by atoms with Crippen molar-refractivity contribution in [3.63, 3.8) is 0 Å². The molecule has 2 rings (SSSR count). The maximum absolute atomic E-state index is 12.0. The largest absolute Gasteiger partial charge is 0.508 e. The Balaban J connectivity index is 1.80. The number of aromatic hydroxyl groups is 1. The third kappa shape index (κ3) is 6.04. The van der Waals surface area contributed by atoms with Crippen LogP contribution >= 0.6 is 0 Å². The van der Waals surface area contributed by atoms with E-state index in [1.54, 1.807) is 24.3 Å². The summed E-state index contributed by atoms with van der Waals surface area (Å²) in [5.41, 5.74) is 3.30. The van der Waals surface area contributed by atoms with E-state index in [2.05, 4.69) is 10.6 Å². The number of phenolic OH excluding ortho intramolecular Hbond substituents is 1. The van der Waals surface area contributed by atoms with Crippen LogP contribution in [0.4, 0.5) is 0 Å². The number of carbonyl (C=O) groups is 1. The van der Waals surface area contributed by atoms with E-state index in [1.807, 2.05) is 37.3 Å². The van der Waals surface area contributed by atoms with E-state index < -0.39 is 5.91 Å². The normalized spacial score (nSPS) is 10.8. The van der Waals surface area contributed by atoms with Gasteiger partial charge < -0.3 is 15.7 Å². The Kier molecular flexibility index (Phi) is 6.61. The van der Waals surface area contributed by atoms with E-state index >= 15 is 0 Å². The van der Waals surface area contributed by atoms with Crippen LogP contribution in [0.15, 0.2) is 60.3 Å².